The summed E-state index contributed by atoms with van der Waals surface area (Å²) < 4.78 is 21.9. The molecule has 0 aliphatic heterocycles. The summed E-state index contributed by atoms with van der Waals surface area (Å²) in [6.45, 7) is 1.89. The van der Waals surface area contributed by atoms with E-state index in [-0.39, 0.29) is 11.6 Å². The molecular weight excluding hydrogens is 256 g/mol. The van der Waals surface area contributed by atoms with Gasteiger partial charge < -0.3 is 5.73 Å². The predicted molar refractivity (Wildman–Crippen MR) is 72.6 cm³/mol. The van der Waals surface area contributed by atoms with E-state index in [2.05, 4.69) is 0 Å². The topological polar surface area (TPSA) is 84.0 Å². The highest BCUT2D eigenvalue weighted by Crippen LogP contribution is 2.21. The van der Waals surface area contributed by atoms with E-state index < -0.39 is 9.84 Å². The Hall–Kier alpha value is -1.01. The van der Waals surface area contributed by atoms with Gasteiger partial charge >= 0.3 is 0 Å². The highest BCUT2D eigenvalue weighted by Gasteiger charge is 2.05. The SMILES string of the molecule is Cc1cc(SCCS(C)(=O)=O)ccc1C(=N)N. The van der Waals surface area contributed by atoms with Crippen molar-refractivity contribution in [1.82, 2.24) is 0 Å². The highest BCUT2D eigenvalue weighted by molar-refractivity contribution is 8.00. The van der Waals surface area contributed by atoms with Gasteiger partial charge in [-0.25, -0.2) is 8.42 Å². The van der Waals surface area contributed by atoms with Crippen LogP contribution in [0.1, 0.15) is 11.1 Å². The average Bonchev–Trinajstić information content (AvgIpc) is 2.15. The van der Waals surface area contributed by atoms with Crippen LogP contribution in [-0.2, 0) is 9.84 Å². The Morgan fingerprint density at radius 3 is 2.59 bits per heavy atom. The van der Waals surface area contributed by atoms with Gasteiger partial charge in [0, 0.05) is 22.5 Å². The molecule has 1 rings (SSSR count). The quantitative estimate of drug-likeness (QED) is 0.482. The number of hydrogen-bond donors (Lipinski definition) is 2. The lowest BCUT2D eigenvalue weighted by molar-refractivity contribution is 0.603. The Morgan fingerprint density at radius 2 is 2.12 bits per heavy atom. The number of rotatable bonds is 5. The van der Waals surface area contributed by atoms with Crippen LogP contribution in [0.25, 0.3) is 0 Å². The van der Waals surface area contributed by atoms with Crippen LogP contribution in [0, 0.1) is 12.3 Å². The number of nitrogens with two attached hydrogens (primary N) is 1. The molecule has 17 heavy (non-hydrogen) atoms. The van der Waals surface area contributed by atoms with Crippen molar-refractivity contribution in [3.8, 4) is 0 Å². The Morgan fingerprint density at radius 1 is 1.47 bits per heavy atom. The van der Waals surface area contributed by atoms with E-state index >= 15 is 0 Å². The van der Waals surface area contributed by atoms with Gasteiger partial charge in [-0.05, 0) is 30.7 Å². The molecule has 0 atom stereocenters. The first kappa shape index (κ1) is 14.1. The number of nitrogens with one attached hydrogen (secondary N) is 1. The van der Waals surface area contributed by atoms with Gasteiger partial charge in [-0.2, -0.15) is 0 Å². The van der Waals surface area contributed by atoms with Gasteiger partial charge in [-0.1, -0.05) is 0 Å². The van der Waals surface area contributed by atoms with Crippen LogP contribution in [0.2, 0.25) is 0 Å². The molecule has 0 aliphatic rings. The van der Waals surface area contributed by atoms with E-state index in [1.807, 2.05) is 19.1 Å². The fraction of sp³-hybridized carbons (Fsp3) is 0.364. The average molecular weight is 272 g/mol. The lowest BCUT2D eigenvalue weighted by atomic mass is 10.1. The van der Waals surface area contributed by atoms with Crippen molar-refractivity contribution >= 4 is 27.4 Å². The molecule has 0 aliphatic carbocycles. The largest absolute Gasteiger partial charge is 0.384 e. The van der Waals surface area contributed by atoms with E-state index in [4.69, 9.17) is 11.1 Å². The number of benzene rings is 1. The Bertz CT molecular complexity index is 524. The van der Waals surface area contributed by atoms with Crippen LogP contribution in [-0.4, -0.2) is 32.0 Å². The van der Waals surface area contributed by atoms with Gasteiger partial charge in [0.15, 0.2) is 0 Å². The summed E-state index contributed by atoms with van der Waals surface area (Å²) in [4.78, 5) is 0.996. The molecular formula is C11H16N2O2S2. The van der Waals surface area contributed by atoms with Gasteiger partial charge in [-0.3, -0.25) is 5.41 Å². The summed E-state index contributed by atoms with van der Waals surface area (Å²) in [6, 6.07) is 5.57. The van der Waals surface area contributed by atoms with Crippen LogP contribution in [0.15, 0.2) is 23.1 Å². The van der Waals surface area contributed by atoms with Crippen LogP contribution < -0.4 is 5.73 Å². The first-order valence-corrected chi connectivity index (χ1v) is 8.10. The summed E-state index contributed by atoms with van der Waals surface area (Å²) in [6.07, 6.45) is 1.23. The molecule has 0 bridgehead atoms. The Labute approximate surface area is 106 Å². The van der Waals surface area contributed by atoms with E-state index in [9.17, 15) is 8.42 Å². The molecule has 0 radical (unpaired) electrons. The molecule has 1 aromatic carbocycles. The zero-order valence-corrected chi connectivity index (χ0v) is 11.5. The summed E-state index contributed by atoms with van der Waals surface area (Å²) in [5, 5.41) is 7.36. The van der Waals surface area contributed by atoms with Crippen LogP contribution in [0.5, 0.6) is 0 Å². The molecule has 4 nitrogen and oxygen atoms in total. The highest BCUT2D eigenvalue weighted by atomic mass is 32.2. The van der Waals surface area contributed by atoms with Crippen molar-refractivity contribution < 1.29 is 8.42 Å². The molecule has 0 spiro atoms. The number of hydrogen-bond acceptors (Lipinski definition) is 4. The minimum atomic E-state index is -2.90. The van der Waals surface area contributed by atoms with E-state index in [1.165, 1.54) is 18.0 Å². The molecule has 1 aromatic rings. The molecule has 0 unspecified atom stereocenters. The number of sulfone groups is 1. The standard InChI is InChI=1S/C11H16N2O2S2/c1-8-7-9(3-4-10(8)11(12)13)16-5-6-17(2,14)15/h3-4,7H,5-6H2,1-2H3,(H3,12,13). The number of thioether (sulfide) groups is 1. The fourth-order valence-corrected chi connectivity index (χ4v) is 3.54. The molecule has 6 heteroatoms. The minimum Gasteiger partial charge on any atom is -0.384 e. The monoisotopic (exact) mass is 272 g/mol. The minimum absolute atomic E-state index is 0.0511. The van der Waals surface area contributed by atoms with Crippen LogP contribution in [0.3, 0.4) is 0 Å². The second-order valence-electron chi connectivity index (χ2n) is 3.87. The van der Waals surface area contributed by atoms with Gasteiger partial charge in [-0.15, -0.1) is 11.8 Å². The third-order valence-electron chi connectivity index (χ3n) is 2.21. The second-order valence-corrected chi connectivity index (χ2v) is 7.30. The van der Waals surface area contributed by atoms with E-state index in [0.717, 1.165) is 16.0 Å². The summed E-state index contributed by atoms with van der Waals surface area (Å²) >= 11 is 1.49. The zero-order valence-electron chi connectivity index (χ0n) is 9.86. The maximum atomic E-state index is 11.0. The van der Waals surface area contributed by atoms with Gasteiger partial charge in [0.05, 0.1) is 5.75 Å². The van der Waals surface area contributed by atoms with E-state index in [1.54, 1.807) is 6.07 Å². The van der Waals surface area contributed by atoms with Crippen molar-refractivity contribution in [2.45, 2.75) is 11.8 Å². The first-order valence-electron chi connectivity index (χ1n) is 5.05. The maximum absolute atomic E-state index is 11.0. The number of amidine groups is 1. The van der Waals surface area contributed by atoms with E-state index in [0.29, 0.717) is 5.75 Å². The van der Waals surface area contributed by atoms with Crippen molar-refractivity contribution in [3.63, 3.8) is 0 Å². The first-order chi connectivity index (χ1) is 7.79. The molecule has 0 heterocycles. The van der Waals surface area contributed by atoms with Crippen LogP contribution in [0.4, 0.5) is 0 Å². The molecule has 0 saturated heterocycles. The third kappa shape index (κ3) is 4.79. The normalized spacial score (nSPS) is 11.4. The smallest absolute Gasteiger partial charge is 0.148 e. The van der Waals surface area contributed by atoms with Gasteiger partial charge in [0.2, 0.25) is 0 Å². The Balaban J connectivity index is 2.68. The Kier molecular flexibility index (Phi) is 4.59. The third-order valence-corrected chi connectivity index (χ3v) is 4.41. The molecule has 0 saturated carbocycles. The van der Waals surface area contributed by atoms with Gasteiger partial charge in [0.1, 0.15) is 15.7 Å². The summed E-state index contributed by atoms with van der Waals surface area (Å²) in [7, 11) is -2.90. The molecule has 0 fully saturated rings. The lowest BCUT2D eigenvalue weighted by Gasteiger charge is -2.06. The number of aryl methyl sites for hydroxylation is 1. The lowest BCUT2D eigenvalue weighted by Crippen LogP contribution is -2.12. The van der Waals surface area contributed by atoms with Crippen molar-refractivity contribution in [1.29, 1.82) is 5.41 Å². The van der Waals surface area contributed by atoms with Crippen LogP contribution >= 0.6 is 11.8 Å². The van der Waals surface area contributed by atoms with Crippen molar-refractivity contribution in [3.05, 3.63) is 29.3 Å². The molecule has 0 amide bonds. The zero-order chi connectivity index (χ0) is 13.1. The predicted octanol–water partition coefficient (Wildman–Crippen LogP) is 1.42. The molecule has 0 aromatic heterocycles. The molecule has 3 N–H and O–H groups in total. The molecule has 94 valence electrons. The summed E-state index contributed by atoms with van der Waals surface area (Å²) in [5.41, 5.74) is 7.07. The summed E-state index contributed by atoms with van der Waals surface area (Å²) in [5.74, 6) is 0.762. The van der Waals surface area contributed by atoms with Crippen molar-refractivity contribution in [2.75, 3.05) is 17.8 Å². The second kappa shape index (κ2) is 5.55. The maximum Gasteiger partial charge on any atom is 0.148 e. The van der Waals surface area contributed by atoms with Gasteiger partial charge in [0.25, 0.3) is 0 Å². The number of nitrogen functional groups attached to an aromatic ring is 1. The van der Waals surface area contributed by atoms with Crippen molar-refractivity contribution in [2.24, 2.45) is 5.73 Å². The fourth-order valence-electron chi connectivity index (χ4n) is 1.34.